The summed E-state index contributed by atoms with van der Waals surface area (Å²) in [4.78, 5) is 0. The number of nitrogen functional groups attached to an aromatic ring is 1. The van der Waals surface area contributed by atoms with Crippen LogP contribution in [-0.2, 0) is 10.3 Å². The zero-order valence-corrected chi connectivity index (χ0v) is 10.1. The Hall–Kier alpha value is -2.02. The number of nitrogens with two attached hydrogens (primary N) is 1. The highest BCUT2D eigenvalue weighted by Gasteiger charge is 2.43. The molecule has 0 aromatic heterocycles. The van der Waals surface area contributed by atoms with Crippen molar-refractivity contribution in [2.45, 2.75) is 11.7 Å². The minimum atomic E-state index is -1.03. The van der Waals surface area contributed by atoms with Gasteiger partial charge in [-0.1, -0.05) is 30.2 Å². The molecule has 0 radical (unpaired) electrons. The zero-order chi connectivity index (χ0) is 13.2. The lowest BCUT2D eigenvalue weighted by atomic mass is 9.78. The second-order valence-electron chi connectivity index (χ2n) is 4.12. The van der Waals surface area contributed by atoms with Crippen molar-refractivity contribution >= 4 is 5.69 Å². The van der Waals surface area contributed by atoms with Crippen molar-refractivity contribution in [3.8, 4) is 12.3 Å². The first kappa shape index (κ1) is 12.4. The van der Waals surface area contributed by atoms with E-state index < -0.39 is 11.7 Å². The molecule has 1 aliphatic rings. The standard InChI is InChI=1S/C15H15NO2/c1-3-11-5-4-6-14(17)15(11,18-2)12-7-9-13(16)10-8-12/h1,4-10,14,17H,16H2,2H3. The Morgan fingerprint density at radius 1 is 1.39 bits per heavy atom. The first-order valence-corrected chi connectivity index (χ1v) is 5.60. The molecule has 1 aromatic rings. The molecule has 1 aromatic carbocycles. The Morgan fingerprint density at radius 3 is 2.61 bits per heavy atom. The quantitative estimate of drug-likeness (QED) is 0.611. The van der Waals surface area contributed by atoms with E-state index in [0.717, 1.165) is 5.56 Å². The van der Waals surface area contributed by atoms with Crippen LogP contribution in [0.25, 0.3) is 0 Å². The smallest absolute Gasteiger partial charge is 0.155 e. The number of ether oxygens (including phenoxy) is 1. The summed E-state index contributed by atoms with van der Waals surface area (Å²) in [5.74, 6) is 2.58. The van der Waals surface area contributed by atoms with E-state index in [0.29, 0.717) is 11.3 Å². The Balaban J connectivity index is 2.60. The van der Waals surface area contributed by atoms with Crippen LogP contribution in [0.1, 0.15) is 5.56 Å². The Kier molecular flexibility index (Phi) is 3.24. The van der Waals surface area contributed by atoms with E-state index in [4.69, 9.17) is 16.9 Å². The van der Waals surface area contributed by atoms with Crippen molar-refractivity contribution in [1.82, 2.24) is 0 Å². The Morgan fingerprint density at radius 2 is 2.06 bits per heavy atom. The number of rotatable bonds is 2. The van der Waals surface area contributed by atoms with E-state index in [2.05, 4.69) is 5.92 Å². The predicted molar refractivity (Wildman–Crippen MR) is 71.6 cm³/mol. The summed E-state index contributed by atoms with van der Waals surface area (Å²) in [6.07, 6.45) is 9.84. The van der Waals surface area contributed by atoms with E-state index in [1.54, 1.807) is 30.4 Å². The van der Waals surface area contributed by atoms with Gasteiger partial charge in [0.15, 0.2) is 5.60 Å². The van der Waals surface area contributed by atoms with Crippen molar-refractivity contribution in [3.05, 3.63) is 53.6 Å². The maximum absolute atomic E-state index is 10.3. The molecule has 0 saturated heterocycles. The summed E-state index contributed by atoms with van der Waals surface area (Å²) in [6.45, 7) is 0. The monoisotopic (exact) mass is 241 g/mol. The van der Waals surface area contributed by atoms with Gasteiger partial charge in [-0.15, -0.1) is 6.42 Å². The molecule has 0 saturated carbocycles. The number of aliphatic hydroxyl groups is 1. The highest BCUT2D eigenvalue weighted by atomic mass is 16.5. The molecule has 2 rings (SSSR count). The fraction of sp³-hybridized carbons (Fsp3) is 0.200. The van der Waals surface area contributed by atoms with Crippen LogP contribution in [0.3, 0.4) is 0 Å². The number of benzene rings is 1. The molecule has 3 nitrogen and oxygen atoms in total. The number of hydrogen-bond acceptors (Lipinski definition) is 3. The Labute approximate surface area is 107 Å². The minimum Gasteiger partial charge on any atom is -0.399 e. The molecule has 0 spiro atoms. The van der Waals surface area contributed by atoms with Gasteiger partial charge in [0.1, 0.15) is 6.10 Å². The van der Waals surface area contributed by atoms with Gasteiger partial charge in [0.2, 0.25) is 0 Å². The third-order valence-corrected chi connectivity index (χ3v) is 3.19. The molecule has 3 heteroatoms. The number of anilines is 1. The van der Waals surface area contributed by atoms with Crippen LogP contribution in [0.15, 0.2) is 48.1 Å². The van der Waals surface area contributed by atoms with Crippen LogP contribution >= 0.6 is 0 Å². The number of terminal acetylenes is 1. The molecule has 0 amide bonds. The first-order chi connectivity index (χ1) is 8.65. The van der Waals surface area contributed by atoms with Gasteiger partial charge < -0.3 is 15.6 Å². The van der Waals surface area contributed by atoms with Gasteiger partial charge in [0.25, 0.3) is 0 Å². The molecule has 0 bridgehead atoms. The lowest BCUT2D eigenvalue weighted by molar-refractivity contribution is -0.0594. The van der Waals surface area contributed by atoms with Gasteiger partial charge in [0.05, 0.1) is 0 Å². The zero-order valence-electron chi connectivity index (χ0n) is 10.1. The van der Waals surface area contributed by atoms with Crippen molar-refractivity contribution < 1.29 is 9.84 Å². The summed E-state index contributed by atoms with van der Waals surface area (Å²) in [7, 11) is 1.53. The molecule has 92 valence electrons. The van der Waals surface area contributed by atoms with E-state index in [-0.39, 0.29) is 0 Å². The van der Waals surface area contributed by atoms with Crippen molar-refractivity contribution in [2.24, 2.45) is 0 Å². The fourth-order valence-corrected chi connectivity index (χ4v) is 2.24. The summed E-state index contributed by atoms with van der Waals surface area (Å²) in [5.41, 5.74) is 6.66. The van der Waals surface area contributed by atoms with Crippen LogP contribution < -0.4 is 5.73 Å². The van der Waals surface area contributed by atoms with Crippen molar-refractivity contribution in [3.63, 3.8) is 0 Å². The molecule has 2 unspecified atom stereocenters. The molecule has 3 N–H and O–H groups in total. The molecule has 0 fully saturated rings. The van der Waals surface area contributed by atoms with Gasteiger partial charge in [0, 0.05) is 18.4 Å². The number of allylic oxidation sites excluding steroid dienone is 2. The van der Waals surface area contributed by atoms with Gasteiger partial charge >= 0.3 is 0 Å². The second-order valence-corrected chi connectivity index (χ2v) is 4.12. The van der Waals surface area contributed by atoms with E-state index in [1.807, 2.05) is 12.1 Å². The molecule has 2 atom stereocenters. The molecule has 1 aliphatic carbocycles. The van der Waals surface area contributed by atoms with Gasteiger partial charge in [-0.3, -0.25) is 0 Å². The predicted octanol–water partition coefficient (Wildman–Crippen LogP) is 1.60. The van der Waals surface area contributed by atoms with Gasteiger partial charge in [-0.05, 0) is 23.8 Å². The summed E-state index contributed by atoms with van der Waals surface area (Å²) in [5, 5.41) is 10.3. The van der Waals surface area contributed by atoms with E-state index in [1.165, 1.54) is 7.11 Å². The highest BCUT2D eigenvalue weighted by molar-refractivity contribution is 5.51. The molecule has 0 heterocycles. The fourth-order valence-electron chi connectivity index (χ4n) is 2.24. The lowest BCUT2D eigenvalue weighted by Crippen LogP contribution is -2.43. The summed E-state index contributed by atoms with van der Waals surface area (Å²) in [6, 6.07) is 7.14. The minimum absolute atomic E-state index is 0.588. The van der Waals surface area contributed by atoms with E-state index in [9.17, 15) is 5.11 Å². The van der Waals surface area contributed by atoms with Crippen LogP contribution in [0.5, 0.6) is 0 Å². The first-order valence-electron chi connectivity index (χ1n) is 5.60. The Bertz CT molecular complexity index is 537. The number of aliphatic hydroxyl groups excluding tert-OH is 1. The van der Waals surface area contributed by atoms with Crippen molar-refractivity contribution in [2.75, 3.05) is 12.8 Å². The molecule has 0 aliphatic heterocycles. The number of hydrogen-bond donors (Lipinski definition) is 2. The van der Waals surface area contributed by atoms with Crippen LogP contribution in [0, 0.1) is 12.3 Å². The van der Waals surface area contributed by atoms with E-state index >= 15 is 0 Å². The molecular formula is C15H15NO2. The average Bonchev–Trinajstić information content (AvgIpc) is 2.40. The largest absolute Gasteiger partial charge is 0.399 e. The highest BCUT2D eigenvalue weighted by Crippen LogP contribution is 2.39. The molecule has 18 heavy (non-hydrogen) atoms. The van der Waals surface area contributed by atoms with Gasteiger partial charge in [-0.2, -0.15) is 0 Å². The third kappa shape index (κ3) is 1.72. The molecular weight excluding hydrogens is 226 g/mol. The maximum Gasteiger partial charge on any atom is 0.155 e. The van der Waals surface area contributed by atoms with Gasteiger partial charge in [-0.25, -0.2) is 0 Å². The second kappa shape index (κ2) is 4.69. The average molecular weight is 241 g/mol. The topological polar surface area (TPSA) is 55.5 Å². The third-order valence-electron chi connectivity index (χ3n) is 3.19. The SMILES string of the molecule is C#CC1=CC=CC(O)C1(OC)c1ccc(N)cc1. The normalized spacial score (nSPS) is 26.5. The maximum atomic E-state index is 10.3. The summed E-state index contributed by atoms with van der Waals surface area (Å²) >= 11 is 0. The summed E-state index contributed by atoms with van der Waals surface area (Å²) < 4.78 is 5.57. The number of methoxy groups -OCH3 is 1. The van der Waals surface area contributed by atoms with Crippen LogP contribution in [0.4, 0.5) is 5.69 Å². The van der Waals surface area contributed by atoms with Crippen LogP contribution in [0.2, 0.25) is 0 Å². The lowest BCUT2D eigenvalue weighted by Gasteiger charge is -2.37. The van der Waals surface area contributed by atoms with Crippen molar-refractivity contribution in [1.29, 1.82) is 0 Å². The van der Waals surface area contributed by atoms with Crippen LogP contribution in [-0.4, -0.2) is 18.3 Å².